The zero-order chi connectivity index (χ0) is 21.0. The zero-order valence-corrected chi connectivity index (χ0v) is 17.4. The predicted octanol–water partition coefficient (Wildman–Crippen LogP) is 3.14. The van der Waals surface area contributed by atoms with Crippen LogP contribution < -0.4 is 20.9 Å². The van der Waals surface area contributed by atoms with Gasteiger partial charge in [-0.15, -0.1) is 4.83 Å². The molecule has 0 fully saturated rings. The van der Waals surface area contributed by atoms with Crippen molar-refractivity contribution in [1.29, 1.82) is 0 Å². The van der Waals surface area contributed by atoms with Crippen LogP contribution in [0.3, 0.4) is 0 Å². The van der Waals surface area contributed by atoms with Crippen LogP contribution in [-0.2, 0) is 10.0 Å². The van der Waals surface area contributed by atoms with E-state index in [4.69, 9.17) is 5.73 Å². The van der Waals surface area contributed by atoms with E-state index in [0.29, 0.717) is 12.4 Å². The van der Waals surface area contributed by atoms with Gasteiger partial charge in [-0.1, -0.05) is 29.8 Å². The van der Waals surface area contributed by atoms with Gasteiger partial charge in [0.15, 0.2) is 11.6 Å². The van der Waals surface area contributed by atoms with E-state index < -0.39 is 10.0 Å². The summed E-state index contributed by atoms with van der Waals surface area (Å²) in [6.07, 6.45) is 1.34. The topological polar surface area (TPSA) is 113 Å². The molecule has 2 aromatic carbocycles. The van der Waals surface area contributed by atoms with Gasteiger partial charge in [-0.25, -0.2) is 18.4 Å². The lowest BCUT2D eigenvalue weighted by Crippen LogP contribution is -2.31. The Hall–Kier alpha value is -3.17. The van der Waals surface area contributed by atoms with E-state index in [-0.39, 0.29) is 16.4 Å². The quantitative estimate of drug-likeness (QED) is 0.511. The molecule has 0 saturated carbocycles. The fourth-order valence-corrected chi connectivity index (χ4v) is 3.69. The van der Waals surface area contributed by atoms with Gasteiger partial charge in [0, 0.05) is 12.2 Å². The number of hydrogen-bond acceptors (Lipinski definition) is 7. The Morgan fingerprint density at radius 2 is 1.76 bits per heavy atom. The van der Waals surface area contributed by atoms with E-state index >= 15 is 0 Å². The first-order valence-corrected chi connectivity index (χ1v) is 10.6. The summed E-state index contributed by atoms with van der Waals surface area (Å²) < 4.78 is 25.0. The number of aryl methyl sites for hydroxylation is 2. The number of hydrogen-bond donors (Lipinski definition) is 3. The molecule has 0 aliphatic carbocycles. The third-order valence-corrected chi connectivity index (χ3v) is 5.65. The number of sulfonamides is 1. The molecule has 29 heavy (non-hydrogen) atoms. The molecule has 0 spiro atoms. The highest BCUT2D eigenvalue weighted by Crippen LogP contribution is 2.31. The van der Waals surface area contributed by atoms with Crippen LogP contribution in [0.25, 0.3) is 0 Å². The summed E-state index contributed by atoms with van der Waals surface area (Å²) in [6.45, 7) is 6.50. The van der Waals surface area contributed by atoms with Crippen LogP contribution in [0.2, 0.25) is 0 Å². The third kappa shape index (κ3) is 4.64. The van der Waals surface area contributed by atoms with Gasteiger partial charge >= 0.3 is 0 Å². The Morgan fingerprint density at radius 1 is 1.03 bits per heavy atom. The van der Waals surface area contributed by atoms with E-state index in [0.717, 1.165) is 16.8 Å². The first-order chi connectivity index (χ1) is 13.8. The highest BCUT2D eigenvalue weighted by atomic mass is 32.2. The molecule has 1 heterocycles. The maximum absolute atomic E-state index is 12.5. The number of benzene rings is 2. The lowest BCUT2D eigenvalue weighted by Gasteiger charge is -2.24. The van der Waals surface area contributed by atoms with Gasteiger partial charge in [0.1, 0.15) is 12.0 Å². The van der Waals surface area contributed by atoms with Crippen LogP contribution in [0.1, 0.15) is 18.1 Å². The number of anilines is 4. The third-order valence-electron chi connectivity index (χ3n) is 4.38. The minimum atomic E-state index is -3.78. The maximum atomic E-state index is 12.5. The minimum absolute atomic E-state index is 0.137. The van der Waals surface area contributed by atoms with E-state index in [1.807, 2.05) is 49.9 Å². The normalized spacial score (nSPS) is 11.3. The van der Waals surface area contributed by atoms with Crippen LogP contribution in [0.5, 0.6) is 0 Å². The Balaban J connectivity index is 1.86. The van der Waals surface area contributed by atoms with Gasteiger partial charge in [-0.3, -0.25) is 5.43 Å². The predicted molar refractivity (Wildman–Crippen MR) is 115 cm³/mol. The van der Waals surface area contributed by atoms with E-state index in [1.165, 1.54) is 18.5 Å². The summed E-state index contributed by atoms with van der Waals surface area (Å²) in [5.41, 5.74) is 12.1. The molecule has 152 valence electrons. The summed E-state index contributed by atoms with van der Waals surface area (Å²) in [5.74, 6) is 0.668. The molecule has 0 bridgehead atoms. The second-order valence-electron chi connectivity index (χ2n) is 6.59. The molecule has 8 nitrogen and oxygen atoms in total. The minimum Gasteiger partial charge on any atom is -0.393 e. The lowest BCUT2D eigenvalue weighted by molar-refractivity contribution is 0.587. The van der Waals surface area contributed by atoms with E-state index in [9.17, 15) is 8.42 Å². The van der Waals surface area contributed by atoms with Gasteiger partial charge in [0.05, 0.1) is 4.90 Å². The van der Waals surface area contributed by atoms with Crippen LogP contribution in [0, 0.1) is 13.8 Å². The number of rotatable bonds is 7. The molecule has 0 aliphatic rings. The van der Waals surface area contributed by atoms with Gasteiger partial charge in [-0.2, -0.15) is 0 Å². The molecule has 4 N–H and O–H groups in total. The van der Waals surface area contributed by atoms with Crippen LogP contribution in [-0.4, -0.2) is 24.9 Å². The van der Waals surface area contributed by atoms with Gasteiger partial charge in [0.25, 0.3) is 10.0 Å². The molecular formula is C20H24N6O2S. The number of nitrogens with two attached hydrogens (primary N) is 1. The number of hydrazine groups is 1. The molecule has 0 saturated heterocycles. The van der Waals surface area contributed by atoms with Crippen LogP contribution in [0.15, 0.2) is 59.8 Å². The fraction of sp³-hybridized carbons (Fsp3) is 0.200. The summed E-state index contributed by atoms with van der Waals surface area (Å²) >= 11 is 0. The molecule has 3 aromatic rings. The van der Waals surface area contributed by atoms with Gasteiger partial charge < -0.3 is 10.6 Å². The Morgan fingerprint density at radius 3 is 2.41 bits per heavy atom. The van der Waals surface area contributed by atoms with Crippen molar-refractivity contribution in [2.75, 3.05) is 22.6 Å². The Bertz CT molecular complexity index is 1100. The Kier molecular flexibility index (Phi) is 6.00. The average Bonchev–Trinajstić information content (AvgIpc) is 2.69. The Labute approximate surface area is 170 Å². The molecule has 0 amide bonds. The van der Waals surface area contributed by atoms with Crippen LogP contribution in [0.4, 0.5) is 23.0 Å². The molecule has 0 unspecified atom stereocenters. The first-order valence-electron chi connectivity index (χ1n) is 9.11. The zero-order valence-electron chi connectivity index (χ0n) is 16.5. The van der Waals surface area contributed by atoms with Crippen molar-refractivity contribution in [3.63, 3.8) is 0 Å². The summed E-state index contributed by atoms with van der Waals surface area (Å²) in [5, 5.41) is 0. The van der Waals surface area contributed by atoms with Crippen molar-refractivity contribution in [2.24, 2.45) is 0 Å². The van der Waals surface area contributed by atoms with Crippen molar-refractivity contribution in [2.45, 2.75) is 25.7 Å². The fourth-order valence-electron chi connectivity index (χ4n) is 2.84. The average molecular weight is 413 g/mol. The smallest absolute Gasteiger partial charge is 0.257 e. The van der Waals surface area contributed by atoms with Crippen molar-refractivity contribution < 1.29 is 8.42 Å². The van der Waals surface area contributed by atoms with Crippen LogP contribution >= 0.6 is 0 Å². The first kappa shape index (κ1) is 20.6. The molecule has 9 heteroatoms. The van der Waals surface area contributed by atoms with Crippen molar-refractivity contribution >= 4 is 33.0 Å². The largest absolute Gasteiger partial charge is 0.393 e. The summed E-state index contributed by atoms with van der Waals surface area (Å²) in [6, 6.07) is 14.5. The molecular weight excluding hydrogens is 388 g/mol. The number of aromatic nitrogens is 2. The van der Waals surface area contributed by atoms with E-state index in [2.05, 4.69) is 20.2 Å². The summed E-state index contributed by atoms with van der Waals surface area (Å²) in [7, 11) is -3.78. The standard InChI is InChI=1S/C20H24N6O2S/c1-4-26(16-7-5-6-15(3)12-16)20-18(21)19(22-13-23-20)24-25-29(27,28)17-10-8-14(2)9-11-17/h5-13,25H,4,21H2,1-3H3,(H,22,23,24). The van der Waals surface area contributed by atoms with E-state index in [1.54, 1.807) is 12.1 Å². The number of nitrogens with zero attached hydrogens (tertiary/aromatic N) is 3. The number of nitrogens with one attached hydrogen (secondary N) is 2. The van der Waals surface area contributed by atoms with Crippen molar-refractivity contribution in [3.8, 4) is 0 Å². The van der Waals surface area contributed by atoms with Gasteiger partial charge in [0.2, 0.25) is 0 Å². The molecule has 3 rings (SSSR count). The van der Waals surface area contributed by atoms with Crippen molar-refractivity contribution in [1.82, 2.24) is 14.8 Å². The SMILES string of the molecule is CCN(c1cccc(C)c1)c1ncnc(NNS(=O)(=O)c2ccc(C)cc2)c1N. The number of nitrogen functional groups attached to an aromatic ring is 1. The highest BCUT2D eigenvalue weighted by Gasteiger charge is 2.18. The lowest BCUT2D eigenvalue weighted by atomic mass is 10.2. The van der Waals surface area contributed by atoms with Gasteiger partial charge in [-0.05, 0) is 50.6 Å². The molecule has 0 radical (unpaired) electrons. The molecule has 0 aliphatic heterocycles. The second kappa shape index (κ2) is 8.46. The van der Waals surface area contributed by atoms with Crippen molar-refractivity contribution in [3.05, 3.63) is 66.0 Å². The monoisotopic (exact) mass is 412 g/mol. The molecule has 0 atom stereocenters. The summed E-state index contributed by atoms with van der Waals surface area (Å²) in [4.78, 5) is 12.8. The molecule has 1 aromatic heterocycles. The second-order valence-corrected chi connectivity index (χ2v) is 8.27. The maximum Gasteiger partial charge on any atom is 0.257 e. The highest BCUT2D eigenvalue weighted by molar-refractivity contribution is 7.89.